The maximum Gasteiger partial charge on any atom is 0.164 e. The molecule has 17 heavy (non-hydrogen) atoms. The van der Waals surface area contributed by atoms with Crippen molar-refractivity contribution >= 4 is 5.78 Å². The molecule has 1 aromatic carbocycles. The Morgan fingerprint density at radius 3 is 2.35 bits per heavy atom. The van der Waals surface area contributed by atoms with Crippen molar-refractivity contribution in [2.24, 2.45) is 0 Å². The fraction of sp³-hybridized carbons (Fsp3) is 0.500. The molecule has 0 aromatic heterocycles. The maximum absolute atomic E-state index is 11.8. The molecule has 1 aromatic rings. The summed E-state index contributed by atoms with van der Waals surface area (Å²) in [6, 6.07) is 6.22. The van der Waals surface area contributed by atoms with E-state index < -0.39 is 0 Å². The second kappa shape index (κ2) is 5.43. The van der Waals surface area contributed by atoms with Gasteiger partial charge in [-0.05, 0) is 19.4 Å². The molecule has 1 aliphatic rings. The molecule has 1 fully saturated rings. The molecule has 0 unspecified atom stereocenters. The third-order valence-electron chi connectivity index (χ3n) is 2.77. The topological polar surface area (TPSA) is 35.5 Å². The van der Waals surface area contributed by atoms with Gasteiger partial charge >= 0.3 is 0 Å². The molecular formula is C14H18O3. The van der Waals surface area contributed by atoms with Gasteiger partial charge in [0.15, 0.2) is 6.29 Å². The van der Waals surface area contributed by atoms with Crippen LogP contribution in [0.25, 0.3) is 0 Å². The first-order valence-electron chi connectivity index (χ1n) is 5.95. The molecule has 3 heteroatoms. The quantitative estimate of drug-likeness (QED) is 0.801. The van der Waals surface area contributed by atoms with E-state index in [0.717, 1.165) is 5.56 Å². The molecule has 0 saturated carbocycles. The van der Waals surface area contributed by atoms with Crippen LogP contribution in [0.5, 0.6) is 0 Å². The standard InChI is InChI=1S/C14H18O3/c1-10-5-11(2)7-12(6-10)8-13(15)9-14-16-3-4-17-14/h5-7,14H,3-4,8-9H2,1-2H3. The van der Waals surface area contributed by atoms with Gasteiger partial charge in [0.1, 0.15) is 5.78 Å². The number of rotatable bonds is 4. The summed E-state index contributed by atoms with van der Waals surface area (Å²) < 4.78 is 10.5. The zero-order valence-electron chi connectivity index (χ0n) is 10.4. The Kier molecular flexibility index (Phi) is 3.92. The minimum Gasteiger partial charge on any atom is -0.350 e. The van der Waals surface area contributed by atoms with E-state index in [4.69, 9.17) is 9.47 Å². The number of carbonyl (C=O) groups is 1. The van der Waals surface area contributed by atoms with Crippen LogP contribution in [0.4, 0.5) is 0 Å². The van der Waals surface area contributed by atoms with Crippen molar-refractivity contribution in [2.75, 3.05) is 13.2 Å². The average Bonchev–Trinajstić information content (AvgIpc) is 2.67. The number of aryl methyl sites for hydroxylation is 2. The summed E-state index contributed by atoms with van der Waals surface area (Å²) in [5.41, 5.74) is 3.47. The lowest BCUT2D eigenvalue weighted by molar-refractivity contribution is -0.126. The predicted molar refractivity (Wildman–Crippen MR) is 64.9 cm³/mol. The van der Waals surface area contributed by atoms with Crippen molar-refractivity contribution in [3.63, 3.8) is 0 Å². The summed E-state index contributed by atoms with van der Waals surface area (Å²) in [6.07, 6.45) is 0.493. The summed E-state index contributed by atoms with van der Waals surface area (Å²) in [7, 11) is 0. The summed E-state index contributed by atoms with van der Waals surface area (Å²) in [5, 5.41) is 0. The van der Waals surface area contributed by atoms with Crippen LogP contribution in [-0.2, 0) is 20.7 Å². The first kappa shape index (κ1) is 12.3. The Hall–Kier alpha value is -1.19. The molecule has 0 aliphatic carbocycles. The van der Waals surface area contributed by atoms with Crippen LogP contribution in [0.15, 0.2) is 18.2 Å². The van der Waals surface area contributed by atoms with Crippen molar-refractivity contribution in [1.82, 2.24) is 0 Å². The molecule has 3 nitrogen and oxygen atoms in total. The highest BCUT2D eigenvalue weighted by Crippen LogP contribution is 2.13. The van der Waals surface area contributed by atoms with E-state index in [1.807, 2.05) is 13.8 Å². The lowest BCUT2D eigenvalue weighted by Crippen LogP contribution is -2.15. The van der Waals surface area contributed by atoms with E-state index in [9.17, 15) is 4.79 Å². The minimum atomic E-state index is -0.326. The van der Waals surface area contributed by atoms with Gasteiger partial charge in [-0.15, -0.1) is 0 Å². The number of hydrogen-bond acceptors (Lipinski definition) is 3. The number of Topliss-reactive ketones (excluding diaryl/α,β-unsaturated/α-hetero) is 1. The first-order valence-corrected chi connectivity index (χ1v) is 5.95. The summed E-state index contributed by atoms with van der Waals surface area (Å²) in [4.78, 5) is 11.8. The van der Waals surface area contributed by atoms with E-state index >= 15 is 0 Å². The molecule has 0 N–H and O–H groups in total. The van der Waals surface area contributed by atoms with E-state index in [0.29, 0.717) is 26.1 Å². The molecule has 1 heterocycles. The van der Waals surface area contributed by atoms with Crippen molar-refractivity contribution in [1.29, 1.82) is 0 Å². The molecular weight excluding hydrogens is 216 g/mol. The van der Waals surface area contributed by atoms with Crippen molar-refractivity contribution in [3.8, 4) is 0 Å². The molecule has 2 rings (SSSR count). The Labute approximate surface area is 102 Å². The van der Waals surface area contributed by atoms with Crippen LogP contribution < -0.4 is 0 Å². The summed E-state index contributed by atoms with van der Waals surface area (Å²) >= 11 is 0. The molecule has 0 bridgehead atoms. The monoisotopic (exact) mass is 234 g/mol. The van der Waals surface area contributed by atoms with Crippen LogP contribution in [0.1, 0.15) is 23.1 Å². The third kappa shape index (κ3) is 3.65. The summed E-state index contributed by atoms with van der Waals surface area (Å²) in [6.45, 7) is 5.29. The van der Waals surface area contributed by atoms with Gasteiger partial charge < -0.3 is 9.47 Å². The van der Waals surface area contributed by atoms with Gasteiger partial charge in [0, 0.05) is 6.42 Å². The molecule has 0 spiro atoms. The van der Waals surface area contributed by atoms with Gasteiger partial charge in [0.2, 0.25) is 0 Å². The van der Waals surface area contributed by atoms with Crippen molar-refractivity contribution in [2.45, 2.75) is 33.0 Å². The minimum absolute atomic E-state index is 0.168. The highest BCUT2D eigenvalue weighted by atomic mass is 16.7. The Morgan fingerprint density at radius 1 is 1.18 bits per heavy atom. The molecule has 0 amide bonds. The fourth-order valence-electron chi connectivity index (χ4n) is 2.18. The molecule has 0 radical (unpaired) electrons. The van der Waals surface area contributed by atoms with Gasteiger partial charge in [0.05, 0.1) is 19.6 Å². The van der Waals surface area contributed by atoms with Crippen LogP contribution in [-0.4, -0.2) is 25.3 Å². The van der Waals surface area contributed by atoms with Gasteiger partial charge in [-0.2, -0.15) is 0 Å². The Morgan fingerprint density at radius 2 is 1.76 bits per heavy atom. The molecule has 92 valence electrons. The lowest BCUT2D eigenvalue weighted by Gasteiger charge is -2.08. The van der Waals surface area contributed by atoms with Crippen molar-refractivity contribution < 1.29 is 14.3 Å². The highest BCUT2D eigenvalue weighted by molar-refractivity contribution is 5.81. The number of ketones is 1. The summed E-state index contributed by atoms with van der Waals surface area (Å²) in [5.74, 6) is 0.168. The van der Waals surface area contributed by atoms with Crippen molar-refractivity contribution in [3.05, 3.63) is 34.9 Å². The smallest absolute Gasteiger partial charge is 0.164 e. The lowest BCUT2D eigenvalue weighted by atomic mass is 10.0. The number of ether oxygens (including phenoxy) is 2. The van der Waals surface area contributed by atoms with E-state index in [2.05, 4.69) is 18.2 Å². The van der Waals surface area contributed by atoms with Crippen LogP contribution in [0.3, 0.4) is 0 Å². The number of carbonyl (C=O) groups excluding carboxylic acids is 1. The Bertz CT molecular complexity index is 386. The van der Waals surface area contributed by atoms with Gasteiger partial charge in [-0.25, -0.2) is 0 Å². The molecule has 1 aliphatic heterocycles. The SMILES string of the molecule is Cc1cc(C)cc(CC(=O)CC2OCCO2)c1. The number of hydrogen-bond donors (Lipinski definition) is 0. The number of benzene rings is 1. The zero-order chi connectivity index (χ0) is 12.3. The second-order valence-corrected chi connectivity index (χ2v) is 4.59. The zero-order valence-corrected chi connectivity index (χ0v) is 10.4. The van der Waals surface area contributed by atoms with Crippen LogP contribution in [0.2, 0.25) is 0 Å². The Balaban J connectivity index is 1.92. The second-order valence-electron chi connectivity index (χ2n) is 4.59. The van der Waals surface area contributed by atoms with E-state index in [-0.39, 0.29) is 12.1 Å². The first-order chi connectivity index (χ1) is 8.13. The predicted octanol–water partition coefficient (Wildman–Crippen LogP) is 2.18. The average molecular weight is 234 g/mol. The van der Waals surface area contributed by atoms with Crippen LogP contribution in [0, 0.1) is 13.8 Å². The van der Waals surface area contributed by atoms with Gasteiger partial charge in [-0.3, -0.25) is 4.79 Å². The van der Waals surface area contributed by atoms with Crippen LogP contribution >= 0.6 is 0 Å². The molecule has 1 saturated heterocycles. The maximum atomic E-state index is 11.8. The largest absolute Gasteiger partial charge is 0.350 e. The third-order valence-corrected chi connectivity index (χ3v) is 2.77. The highest BCUT2D eigenvalue weighted by Gasteiger charge is 2.19. The van der Waals surface area contributed by atoms with Gasteiger partial charge in [0.25, 0.3) is 0 Å². The normalized spacial score (nSPS) is 16.4. The van der Waals surface area contributed by atoms with E-state index in [1.54, 1.807) is 0 Å². The van der Waals surface area contributed by atoms with Gasteiger partial charge in [-0.1, -0.05) is 29.3 Å². The fourth-order valence-corrected chi connectivity index (χ4v) is 2.18. The van der Waals surface area contributed by atoms with E-state index in [1.165, 1.54) is 11.1 Å². The molecule has 0 atom stereocenters.